The van der Waals surface area contributed by atoms with Crippen molar-refractivity contribution < 1.29 is 14.3 Å². The molecule has 0 radical (unpaired) electrons. The molecule has 3 rings (SSSR count). The van der Waals surface area contributed by atoms with E-state index in [9.17, 15) is 9.59 Å². The minimum absolute atomic E-state index is 0.0617. The Morgan fingerprint density at radius 1 is 1.07 bits per heavy atom. The van der Waals surface area contributed by atoms with Crippen LogP contribution in [-0.2, 0) is 14.3 Å². The predicted molar refractivity (Wildman–Crippen MR) is 105 cm³/mol. The van der Waals surface area contributed by atoms with Crippen LogP contribution in [0.2, 0.25) is 0 Å². The van der Waals surface area contributed by atoms with Crippen LogP contribution in [0.1, 0.15) is 12.8 Å². The minimum Gasteiger partial charge on any atom is -0.379 e. The normalized spacial score (nSPS) is 20.1. The van der Waals surface area contributed by atoms with Crippen molar-refractivity contribution in [3.8, 4) is 0 Å². The summed E-state index contributed by atoms with van der Waals surface area (Å²) < 4.78 is 5.34. The van der Waals surface area contributed by atoms with Gasteiger partial charge in [-0.2, -0.15) is 0 Å². The fourth-order valence-corrected chi connectivity index (χ4v) is 3.81. The minimum atomic E-state index is -0.666. The summed E-state index contributed by atoms with van der Waals surface area (Å²) in [5.41, 5.74) is 0.265. The molecule has 1 aromatic carbocycles. The van der Waals surface area contributed by atoms with Gasteiger partial charge in [0.15, 0.2) is 0 Å². The Hall–Kier alpha value is -2.12. The van der Waals surface area contributed by atoms with Crippen LogP contribution in [0.5, 0.6) is 0 Å². The van der Waals surface area contributed by atoms with Gasteiger partial charge in [-0.15, -0.1) is 0 Å². The maximum absolute atomic E-state index is 13.0. The fourth-order valence-electron chi connectivity index (χ4n) is 3.81. The average Bonchev–Trinajstić information content (AvgIpc) is 2.69. The topological polar surface area (TPSA) is 65.1 Å². The van der Waals surface area contributed by atoms with Gasteiger partial charge < -0.3 is 19.9 Å². The number of nitrogens with zero attached hydrogens (tertiary/aromatic N) is 3. The van der Waals surface area contributed by atoms with E-state index in [1.807, 2.05) is 35.2 Å². The van der Waals surface area contributed by atoms with Crippen LogP contribution in [0.3, 0.4) is 0 Å². The molecule has 148 valence electrons. The van der Waals surface area contributed by atoms with Crippen LogP contribution in [0.15, 0.2) is 30.3 Å². The molecule has 0 bridgehead atoms. The molecule has 0 unspecified atom stereocenters. The summed E-state index contributed by atoms with van der Waals surface area (Å²) in [4.78, 5) is 31.3. The number of ether oxygens (including phenoxy) is 1. The molecule has 0 atom stereocenters. The highest BCUT2D eigenvalue weighted by Crippen LogP contribution is 2.29. The number of hydrogen-bond donors (Lipinski definition) is 1. The number of piperidine rings is 1. The van der Waals surface area contributed by atoms with Crippen molar-refractivity contribution in [3.05, 3.63) is 30.3 Å². The van der Waals surface area contributed by atoms with E-state index < -0.39 is 5.54 Å². The lowest BCUT2D eigenvalue weighted by Gasteiger charge is -2.43. The monoisotopic (exact) mass is 374 g/mol. The van der Waals surface area contributed by atoms with Crippen molar-refractivity contribution in [2.24, 2.45) is 0 Å². The summed E-state index contributed by atoms with van der Waals surface area (Å²) in [5.74, 6) is 0.203. The van der Waals surface area contributed by atoms with Crippen molar-refractivity contribution in [2.75, 3.05) is 65.3 Å². The first-order chi connectivity index (χ1) is 13.0. The molecule has 0 aliphatic carbocycles. The molecule has 27 heavy (non-hydrogen) atoms. The first kappa shape index (κ1) is 19.6. The number of likely N-dealkylation sites (N-methyl/N-ethyl adjacent to an activating group) is 1. The van der Waals surface area contributed by atoms with E-state index in [1.165, 1.54) is 0 Å². The Balaban J connectivity index is 1.64. The highest BCUT2D eigenvalue weighted by atomic mass is 16.5. The number of carbonyl (C=O) groups excluding carboxylic acids is 2. The molecule has 0 saturated carbocycles. The molecule has 7 heteroatoms. The number of benzene rings is 1. The summed E-state index contributed by atoms with van der Waals surface area (Å²) >= 11 is 0. The van der Waals surface area contributed by atoms with Crippen LogP contribution in [-0.4, -0.2) is 92.1 Å². The zero-order valence-electron chi connectivity index (χ0n) is 16.3. The van der Waals surface area contributed by atoms with E-state index >= 15 is 0 Å². The third-order valence-electron chi connectivity index (χ3n) is 5.41. The van der Waals surface area contributed by atoms with Crippen molar-refractivity contribution in [2.45, 2.75) is 18.4 Å². The largest absolute Gasteiger partial charge is 0.379 e. The van der Waals surface area contributed by atoms with Gasteiger partial charge in [0.2, 0.25) is 11.8 Å². The Bertz CT molecular complexity index is 636. The van der Waals surface area contributed by atoms with Gasteiger partial charge in [0, 0.05) is 46.0 Å². The van der Waals surface area contributed by atoms with Gasteiger partial charge in [-0.05, 0) is 25.0 Å². The van der Waals surface area contributed by atoms with Crippen LogP contribution < -0.4 is 5.32 Å². The van der Waals surface area contributed by atoms with Crippen LogP contribution in [0.25, 0.3) is 0 Å². The zero-order valence-corrected chi connectivity index (χ0v) is 16.3. The molecule has 2 heterocycles. The maximum Gasteiger partial charge on any atom is 0.247 e. The number of carbonyl (C=O) groups is 2. The summed E-state index contributed by atoms with van der Waals surface area (Å²) in [6.07, 6.45) is 1.21. The molecule has 2 saturated heterocycles. The number of anilines is 1. The third kappa shape index (κ3) is 4.78. The van der Waals surface area contributed by atoms with Gasteiger partial charge in [0.05, 0.1) is 19.8 Å². The van der Waals surface area contributed by atoms with Crippen molar-refractivity contribution >= 4 is 17.5 Å². The van der Waals surface area contributed by atoms with E-state index in [4.69, 9.17) is 4.74 Å². The van der Waals surface area contributed by atoms with E-state index in [0.717, 1.165) is 18.8 Å². The zero-order chi connectivity index (χ0) is 19.3. The Morgan fingerprint density at radius 3 is 2.30 bits per heavy atom. The van der Waals surface area contributed by atoms with E-state index in [2.05, 4.69) is 10.2 Å². The molecule has 1 N–H and O–H groups in total. The van der Waals surface area contributed by atoms with E-state index in [-0.39, 0.29) is 11.8 Å². The van der Waals surface area contributed by atoms with Crippen LogP contribution >= 0.6 is 0 Å². The van der Waals surface area contributed by atoms with Gasteiger partial charge in [-0.25, -0.2) is 0 Å². The number of amides is 2. The summed E-state index contributed by atoms with van der Waals surface area (Å²) in [6, 6.07) is 9.81. The SMILES string of the molecule is CN(C)C(=O)C1(Nc2ccccc2)CCN(C(=O)CN2CCOCC2)CC1. The van der Waals surface area contributed by atoms with Gasteiger partial charge >= 0.3 is 0 Å². The second-order valence-electron chi connectivity index (χ2n) is 7.54. The lowest BCUT2D eigenvalue weighted by atomic mass is 9.85. The maximum atomic E-state index is 13.0. The van der Waals surface area contributed by atoms with Crippen molar-refractivity contribution in [1.82, 2.24) is 14.7 Å². The van der Waals surface area contributed by atoms with Gasteiger partial charge in [-0.1, -0.05) is 18.2 Å². The number of hydrogen-bond acceptors (Lipinski definition) is 5. The molecule has 2 aliphatic heterocycles. The molecule has 2 aliphatic rings. The molecule has 2 fully saturated rings. The van der Waals surface area contributed by atoms with Crippen LogP contribution in [0.4, 0.5) is 5.69 Å². The lowest BCUT2D eigenvalue weighted by molar-refractivity contribution is -0.140. The summed E-state index contributed by atoms with van der Waals surface area (Å²) in [6.45, 7) is 4.59. The number of nitrogens with one attached hydrogen (secondary N) is 1. The molecular weight excluding hydrogens is 344 g/mol. The Morgan fingerprint density at radius 2 is 1.70 bits per heavy atom. The molecular formula is C20H30N4O3. The number of morpholine rings is 1. The van der Waals surface area contributed by atoms with E-state index in [0.29, 0.717) is 45.7 Å². The molecule has 0 aromatic heterocycles. The summed E-state index contributed by atoms with van der Waals surface area (Å²) in [7, 11) is 3.57. The van der Waals surface area contributed by atoms with Gasteiger partial charge in [-0.3, -0.25) is 14.5 Å². The Labute approximate surface area is 161 Å². The van der Waals surface area contributed by atoms with Gasteiger partial charge in [0.1, 0.15) is 5.54 Å². The van der Waals surface area contributed by atoms with Crippen LogP contribution in [0, 0.1) is 0 Å². The first-order valence-corrected chi connectivity index (χ1v) is 9.63. The number of rotatable bonds is 5. The molecule has 0 spiro atoms. The predicted octanol–water partition coefficient (Wildman–Crippen LogP) is 0.880. The first-order valence-electron chi connectivity index (χ1n) is 9.63. The van der Waals surface area contributed by atoms with Crippen molar-refractivity contribution in [1.29, 1.82) is 0 Å². The fraction of sp³-hybridized carbons (Fsp3) is 0.600. The molecule has 1 aromatic rings. The quantitative estimate of drug-likeness (QED) is 0.829. The molecule has 2 amide bonds. The van der Waals surface area contributed by atoms with Gasteiger partial charge in [0.25, 0.3) is 0 Å². The highest BCUT2D eigenvalue weighted by molar-refractivity contribution is 5.90. The molecule has 7 nitrogen and oxygen atoms in total. The third-order valence-corrected chi connectivity index (χ3v) is 5.41. The second-order valence-corrected chi connectivity index (χ2v) is 7.54. The smallest absolute Gasteiger partial charge is 0.247 e. The lowest BCUT2D eigenvalue weighted by Crippen LogP contribution is -2.59. The second kappa shape index (κ2) is 8.71. The average molecular weight is 374 g/mol. The van der Waals surface area contributed by atoms with Crippen molar-refractivity contribution in [3.63, 3.8) is 0 Å². The standard InChI is InChI=1S/C20H30N4O3/c1-22(2)19(26)20(21-17-6-4-3-5-7-17)8-10-24(11-9-20)18(25)16-23-12-14-27-15-13-23/h3-7,21H,8-16H2,1-2H3. The Kier molecular flexibility index (Phi) is 6.34. The van der Waals surface area contributed by atoms with E-state index in [1.54, 1.807) is 19.0 Å². The highest BCUT2D eigenvalue weighted by Gasteiger charge is 2.43. The summed E-state index contributed by atoms with van der Waals surface area (Å²) in [5, 5.41) is 3.46. The number of likely N-dealkylation sites (tertiary alicyclic amines) is 1. The number of para-hydroxylation sites is 1.